The van der Waals surface area contributed by atoms with Gasteiger partial charge in [-0.25, -0.2) is 4.39 Å². The lowest BCUT2D eigenvalue weighted by atomic mass is 10.1. The molecule has 0 atom stereocenters. The third kappa shape index (κ3) is 1.98. The molecule has 0 radical (unpaired) electrons. The van der Waals surface area contributed by atoms with Crippen molar-refractivity contribution >= 4 is 5.88 Å². The van der Waals surface area contributed by atoms with Crippen molar-refractivity contribution in [2.75, 3.05) is 12.3 Å². The second kappa shape index (κ2) is 4.22. The van der Waals surface area contributed by atoms with Crippen LogP contribution < -0.4 is 10.5 Å². The van der Waals surface area contributed by atoms with Gasteiger partial charge in [0.2, 0.25) is 5.88 Å². The zero-order valence-corrected chi connectivity index (χ0v) is 8.74. The molecule has 2 N–H and O–H groups in total. The Hall–Kier alpha value is -2.04. The SMILES string of the molecule is CCOc1ccc(F)cc1-c1cc(N)on1. The molecule has 4 nitrogen and oxygen atoms in total. The number of nitrogens with two attached hydrogens (primary N) is 1. The highest BCUT2D eigenvalue weighted by atomic mass is 19.1. The molecule has 0 aliphatic heterocycles. The van der Waals surface area contributed by atoms with Crippen molar-refractivity contribution in [3.05, 3.63) is 30.1 Å². The fraction of sp³-hybridized carbons (Fsp3) is 0.182. The normalized spacial score (nSPS) is 10.4. The quantitative estimate of drug-likeness (QED) is 0.866. The summed E-state index contributed by atoms with van der Waals surface area (Å²) in [5.41, 5.74) is 6.40. The minimum atomic E-state index is -0.361. The van der Waals surface area contributed by atoms with Gasteiger partial charge in [-0.15, -0.1) is 0 Å². The average molecular weight is 222 g/mol. The second-order valence-electron chi connectivity index (χ2n) is 3.19. The Labute approximate surface area is 91.8 Å². The van der Waals surface area contributed by atoms with Crippen LogP contribution in [0.2, 0.25) is 0 Å². The molecular weight excluding hydrogens is 211 g/mol. The zero-order chi connectivity index (χ0) is 11.5. The van der Waals surface area contributed by atoms with Crippen LogP contribution in [0.4, 0.5) is 10.3 Å². The summed E-state index contributed by atoms with van der Waals surface area (Å²) in [6.07, 6.45) is 0. The predicted molar refractivity (Wildman–Crippen MR) is 57.5 cm³/mol. The molecule has 0 amide bonds. The smallest absolute Gasteiger partial charge is 0.222 e. The highest BCUT2D eigenvalue weighted by molar-refractivity contribution is 5.68. The fourth-order valence-corrected chi connectivity index (χ4v) is 1.40. The number of hydrogen-bond acceptors (Lipinski definition) is 4. The van der Waals surface area contributed by atoms with E-state index in [2.05, 4.69) is 5.16 Å². The lowest BCUT2D eigenvalue weighted by Gasteiger charge is -2.07. The molecule has 2 aromatic rings. The van der Waals surface area contributed by atoms with Crippen molar-refractivity contribution in [3.63, 3.8) is 0 Å². The van der Waals surface area contributed by atoms with Crippen LogP contribution in [0.25, 0.3) is 11.3 Å². The van der Waals surface area contributed by atoms with E-state index in [9.17, 15) is 4.39 Å². The van der Waals surface area contributed by atoms with Gasteiger partial charge in [0.15, 0.2) is 0 Å². The third-order valence-corrected chi connectivity index (χ3v) is 2.05. The molecule has 2 rings (SSSR count). The van der Waals surface area contributed by atoms with Gasteiger partial charge in [0, 0.05) is 11.6 Å². The van der Waals surface area contributed by atoms with E-state index in [1.165, 1.54) is 18.2 Å². The summed E-state index contributed by atoms with van der Waals surface area (Å²) in [5.74, 6) is 0.374. The Bertz CT molecular complexity index is 496. The van der Waals surface area contributed by atoms with Crippen LogP contribution in [0, 0.1) is 5.82 Å². The van der Waals surface area contributed by atoms with Gasteiger partial charge in [-0.1, -0.05) is 5.16 Å². The maximum absolute atomic E-state index is 13.1. The van der Waals surface area contributed by atoms with Crippen LogP contribution in [0.15, 0.2) is 28.8 Å². The minimum Gasteiger partial charge on any atom is -0.493 e. The average Bonchev–Trinajstić information content (AvgIpc) is 2.68. The topological polar surface area (TPSA) is 61.3 Å². The zero-order valence-electron chi connectivity index (χ0n) is 8.74. The molecule has 16 heavy (non-hydrogen) atoms. The van der Waals surface area contributed by atoms with Crippen molar-refractivity contribution in [1.29, 1.82) is 0 Å². The van der Waals surface area contributed by atoms with E-state index in [0.717, 1.165) is 0 Å². The van der Waals surface area contributed by atoms with E-state index in [1.807, 2.05) is 6.92 Å². The van der Waals surface area contributed by atoms with E-state index in [1.54, 1.807) is 6.07 Å². The summed E-state index contributed by atoms with van der Waals surface area (Å²) in [6, 6.07) is 5.75. The Morgan fingerprint density at radius 1 is 1.44 bits per heavy atom. The molecule has 0 unspecified atom stereocenters. The molecule has 84 valence electrons. The Kier molecular flexibility index (Phi) is 2.76. The maximum Gasteiger partial charge on any atom is 0.222 e. The standard InChI is InChI=1S/C11H11FN2O2/c1-2-15-10-4-3-7(12)5-8(10)9-6-11(13)16-14-9/h3-6H,2,13H2,1H3. The summed E-state index contributed by atoms with van der Waals surface area (Å²) < 4.78 is 23.2. The van der Waals surface area contributed by atoms with Gasteiger partial charge in [0.1, 0.15) is 17.3 Å². The summed E-state index contributed by atoms with van der Waals surface area (Å²) in [7, 11) is 0. The Morgan fingerprint density at radius 3 is 2.88 bits per heavy atom. The summed E-state index contributed by atoms with van der Waals surface area (Å²) >= 11 is 0. The van der Waals surface area contributed by atoms with Crippen LogP contribution in [0.5, 0.6) is 5.75 Å². The van der Waals surface area contributed by atoms with Gasteiger partial charge in [0.05, 0.1) is 6.61 Å². The van der Waals surface area contributed by atoms with E-state index in [-0.39, 0.29) is 11.7 Å². The molecule has 0 aliphatic carbocycles. The number of anilines is 1. The van der Waals surface area contributed by atoms with E-state index >= 15 is 0 Å². The molecule has 5 heteroatoms. The summed E-state index contributed by atoms with van der Waals surface area (Å²) in [6.45, 7) is 2.34. The van der Waals surface area contributed by atoms with E-state index in [4.69, 9.17) is 15.0 Å². The number of ether oxygens (including phenoxy) is 1. The third-order valence-electron chi connectivity index (χ3n) is 2.05. The number of hydrogen-bond donors (Lipinski definition) is 1. The van der Waals surface area contributed by atoms with Crippen molar-refractivity contribution in [2.45, 2.75) is 6.92 Å². The van der Waals surface area contributed by atoms with Gasteiger partial charge in [-0.2, -0.15) is 0 Å². The molecule has 1 heterocycles. The van der Waals surface area contributed by atoms with E-state index < -0.39 is 0 Å². The van der Waals surface area contributed by atoms with Gasteiger partial charge in [-0.05, 0) is 25.1 Å². The van der Waals surface area contributed by atoms with Crippen LogP contribution in [0.3, 0.4) is 0 Å². The molecule has 0 aliphatic rings. The number of halogens is 1. The Morgan fingerprint density at radius 2 is 2.25 bits per heavy atom. The second-order valence-corrected chi connectivity index (χ2v) is 3.19. The number of benzene rings is 1. The molecule has 1 aromatic carbocycles. The largest absolute Gasteiger partial charge is 0.493 e. The van der Waals surface area contributed by atoms with Crippen LogP contribution in [-0.2, 0) is 0 Å². The first-order chi connectivity index (χ1) is 7.70. The monoisotopic (exact) mass is 222 g/mol. The molecular formula is C11H11FN2O2. The van der Waals surface area contributed by atoms with Crippen molar-refractivity contribution in [1.82, 2.24) is 5.16 Å². The molecule has 0 bridgehead atoms. The van der Waals surface area contributed by atoms with Crippen molar-refractivity contribution in [2.24, 2.45) is 0 Å². The predicted octanol–water partition coefficient (Wildman–Crippen LogP) is 2.46. The molecule has 0 saturated heterocycles. The summed E-state index contributed by atoms with van der Waals surface area (Å²) in [4.78, 5) is 0. The summed E-state index contributed by atoms with van der Waals surface area (Å²) in [5, 5.41) is 3.72. The van der Waals surface area contributed by atoms with Crippen LogP contribution >= 0.6 is 0 Å². The molecule has 0 fully saturated rings. The first-order valence-corrected chi connectivity index (χ1v) is 4.85. The van der Waals surface area contributed by atoms with Gasteiger partial charge < -0.3 is 15.0 Å². The first kappa shape index (κ1) is 10.5. The number of rotatable bonds is 3. The molecule has 0 spiro atoms. The first-order valence-electron chi connectivity index (χ1n) is 4.85. The van der Waals surface area contributed by atoms with E-state index in [0.29, 0.717) is 23.6 Å². The number of nitrogens with zero attached hydrogens (tertiary/aromatic N) is 1. The maximum atomic E-state index is 13.1. The van der Waals surface area contributed by atoms with Crippen LogP contribution in [0.1, 0.15) is 6.92 Å². The minimum absolute atomic E-state index is 0.182. The molecule has 0 saturated carbocycles. The van der Waals surface area contributed by atoms with Crippen LogP contribution in [-0.4, -0.2) is 11.8 Å². The number of aromatic nitrogens is 1. The lowest BCUT2D eigenvalue weighted by Crippen LogP contribution is -1.94. The lowest BCUT2D eigenvalue weighted by molar-refractivity contribution is 0.340. The van der Waals surface area contributed by atoms with Gasteiger partial charge >= 0.3 is 0 Å². The highest BCUT2D eigenvalue weighted by Crippen LogP contribution is 2.30. The highest BCUT2D eigenvalue weighted by Gasteiger charge is 2.11. The van der Waals surface area contributed by atoms with Crippen molar-refractivity contribution < 1.29 is 13.7 Å². The molecule has 1 aromatic heterocycles. The fourth-order valence-electron chi connectivity index (χ4n) is 1.40. The number of nitrogen functional groups attached to an aromatic ring is 1. The van der Waals surface area contributed by atoms with Gasteiger partial charge in [-0.3, -0.25) is 0 Å². The van der Waals surface area contributed by atoms with Crippen molar-refractivity contribution in [3.8, 4) is 17.0 Å². The Balaban J connectivity index is 2.48. The van der Waals surface area contributed by atoms with Gasteiger partial charge in [0.25, 0.3) is 0 Å².